The lowest BCUT2D eigenvalue weighted by atomic mass is 10.1. The molecule has 0 N–H and O–H groups in total. The number of hydrogen-bond donors (Lipinski definition) is 0. The van der Waals surface area contributed by atoms with Crippen LogP contribution in [0.25, 0.3) is 5.69 Å². The topological polar surface area (TPSA) is 117 Å². The van der Waals surface area contributed by atoms with Crippen LogP contribution in [-0.2, 0) is 18.0 Å². The molecule has 1 aliphatic heterocycles. The summed E-state index contributed by atoms with van der Waals surface area (Å²) in [7, 11) is 1.79. The first-order valence-electron chi connectivity index (χ1n) is 7.67. The number of carbonyl (C=O) groups is 1. The predicted molar refractivity (Wildman–Crippen MR) is 87.8 cm³/mol. The van der Waals surface area contributed by atoms with Crippen LogP contribution in [0.15, 0.2) is 21.7 Å². The molecular weight excluding hydrogens is 408 g/mol. The number of amides is 1. The van der Waals surface area contributed by atoms with Gasteiger partial charge in [-0.05, 0) is 0 Å². The number of fused-ring (bicyclic) bond motifs is 1. The van der Waals surface area contributed by atoms with Gasteiger partial charge in [-0.25, -0.2) is 13.8 Å². The van der Waals surface area contributed by atoms with Crippen molar-refractivity contribution in [3.05, 3.63) is 54.6 Å². The number of nitro benzene ring substituents is 1. The average Bonchev–Trinajstić information content (AvgIpc) is 2.60. The van der Waals surface area contributed by atoms with Crippen molar-refractivity contribution in [2.45, 2.75) is 6.18 Å². The van der Waals surface area contributed by atoms with Gasteiger partial charge in [0.25, 0.3) is 11.5 Å². The summed E-state index contributed by atoms with van der Waals surface area (Å²) in [4.78, 5) is 47.7. The summed E-state index contributed by atoms with van der Waals surface area (Å²) in [5, 5.41) is 11.6. The van der Waals surface area contributed by atoms with Crippen molar-refractivity contribution in [3.8, 4) is 11.4 Å². The molecule has 0 unspecified atom stereocenters. The molecule has 154 valence electrons. The highest BCUT2D eigenvalue weighted by molar-refractivity contribution is 6.01. The minimum absolute atomic E-state index is 0.00931. The number of aromatic nitrogens is 2. The van der Waals surface area contributed by atoms with E-state index in [2.05, 4.69) is 0 Å². The molecule has 0 saturated carbocycles. The summed E-state index contributed by atoms with van der Waals surface area (Å²) in [6.07, 6.45) is -5.08. The van der Waals surface area contributed by atoms with E-state index in [4.69, 9.17) is 4.74 Å². The van der Waals surface area contributed by atoms with E-state index in [1.54, 1.807) is 0 Å². The zero-order valence-electron chi connectivity index (χ0n) is 14.6. The fraction of sp³-hybridized carbons (Fsp3) is 0.267. The van der Waals surface area contributed by atoms with Gasteiger partial charge in [-0.15, -0.1) is 0 Å². The molecule has 0 aliphatic carbocycles. The molecule has 1 aromatic heterocycles. The molecule has 0 atom stereocenters. The molecule has 14 heteroatoms. The number of benzene rings is 1. The van der Waals surface area contributed by atoms with Crippen LogP contribution < -0.4 is 20.9 Å². The third-order valence-corrected chi connectivity index (χ3v) is 4.24. The van der Waals surface area contributed by atoms with Gasteiger partial charge >= 0.3 is 17.6 Å². The van der Waals surface area contributed by atoms with E-state index in [9.17, 15) is 42.1 Å². The number of likely N-dealkylation sites (N-methyl/N-ethyl adjacent to an activating group) is 1. The molecule has 29 heavy (non-hydrogen) atoms. The van der Waals surface area contributed by atoms with Gasteiger partial charge < -0.3 is 9.64 Å². The number of nitrogens with zero attached hydrogens (tertiary/aromatic N) is 4. The zero-order chi connectivity index (χ0) is 21.8. The summed E-state index contributed by atoms with van der Waals surface area (Å²) in [6.45, 7) is -0.540. The summed E-state index contributed by atoms with van der Waals surface area (Å²) in [6, 6.07) is 0.611. The van der Waals surface area contributed by atoms with Gasteiger partial charge in [-0.3, -0.25) is 24.3 Å². The van der Waals surface area contributed by atoms with Crippen LogP contribution >= 0.6 is 0 Å². The summed E-state index contributed by atoms with van der Waals surface area (Å²) < 4.78 is 58.6. The fourth-order valence-electron chi connectivity index (χ4n) is 2.88. The first-order valence-corrected chi connectivity index (χ1v) is 7.67. The second-order valence-electron chi connectivity index (χ2n) is 5.94. The number of ether oxygens (including phenoxy) is 1. The summed E-state index contributed by atoms with van der Waals surface area (Å²) in [5.74, 6) is -2.63. The second kappa shape index (κ2) is 6.42. The number of alkyl halides is 3. The van der Waals surface area contributed by atoms with Gasteiger partial charge in [0.15, 0.2) is 29.5 Å². The van der Waals surface area contributed by atoms with Crippen molar-refractivity contribution in [3.63, 3.8) is 0 Å². The van der Waals surface area contributed by atoms with E-state index in [-0.39, 0.29) is 15.2 Å². The second-order valence-corrected chi connectivity index (χ2v) is 5.94. The Kier molecular flexibility index (Phi) is 4.44. The number of carbonyl (C=O) groups excluding carboxylic acids is 1. The number of halogens is 4. The van der Waals surface area contributed by atoms with Crippen LogP contribution in [0.3, 0.4) is 0 Å². The molecule has 1 aromatic carbocycles. The van der Waals surface area contributed by atoms with Crippen LogP contribution in [-0.4, -0.2) is 33.6 Å². The van der Waals surface area contributed by atoms with Crippen LogP contribution in [0.2, 0.25) is 0 Å². The van der Waals surface area contributed by atoms with Crippen LogP contribution in [0, 0.1) is 15.9 Å². The Hall–Kier alpha value is -3.71. The van der Waals surface area contributed by atoms with Crippen molar-refractivity contribution in [2.75, 3.05) is 18.6 Å². The third-order valence-electron chi connectivity index (χ3n) is 4.24. The van der Waals surface area contributed by atoms with E-state index < -0.39 is 69.2 Å². The fourth-order valence-corrected chi connectivity index (χ4v) is 2.88. The summed E-state index contributed by atoms with van der Waals surface area (Å²) >= 11 is 0. The van der Waals surface area contributed by atoms with Gasteiger partial charge in [-0.1, -0.05) is 0 Å². The number of rotatable bonds is 2. The Morgan fingerprint density at radius 3 is 2.31 bits per heavy atom. The highest BCUT2D eigenvalue weighted by Gasteiger charge is 2.39. The number of hydrogen-bond acceptors (Lipinski definition) is 6. The molecule has 1 aliphatic rings. The average molecular weight is 418 g/mol. The van der Waals surface area contributed by atoms with E-state index in [1.807, 2.05) is 0 Å². The molecular formula is C15H10F4N4O6. The van der Waals surface area contributed by atoms with Gasteiger partial charge in [0.2, 0.25) is 0 Å². The lowest BCUT2D eigenvalue weighted by Gasteiger charge is -2.26. The molecule has 0 fully saturated rings. The maximum Gasteiger partial charge on any atom is 0.431 e. The first kappa shape index (κ1) is 20.0. The van der Waals surface area contributed by atoms with Crippen LogP contribution in [0.5, 0.6) is 5.75 Å². The number of anilines is 1. The monoisotopic (exact) mass is 418 g/mol. The van der Waals surface area contributed by atoms with Crippen molar-refractivity contribution >= 4 is 17.3 Å². The van der Waals surface area contributed by atoms with Crippen molar-refractivity contribution in [1.82, 2.24) is 9.13 Å². The lowest BCUT2D eigenvalue weighted by Crippen LogP contribution is -2.42. The van der Waals surface area contributed by atoms with E-state index >= 15 is 0 Å². The number of nitro groups is 1. The van der Waals surface area contributed by atoms with Gasteiger partial charge in [0, 0.05) is 26.2 Å². The van der Waals surface area contributed by atoms with Crippen molar-refractivity contribution in [2.24, 2.45) is 7.05 Å². The Bertz CT molecular complexity index is 1180. The Morgan fingerprint density at radius 2 is 1.76 bits per heavy atom. The molecule has 10 nitrogen and oxygen atoms in total. The zero-order valence-corrected chi connectivity index (χ0v) is 14.6. The highest BCUT2D eigenvalue weighted by Crippen LogP contribution is 2.44. The predicted octanol–water partition coefficient (Wildman–Crippen LogP) is 0.957. The van der Waals surface area contributed by atoms with Crippen molar-refractivity contribution in [1.29, 1.82) is 0 Å². The summed E-state index contributed by atoms with van der Waals surface area (Å²) in [5.41, 5.74) is -7.88. The molecule has 0 bridgehead atoms. The quantitative estimate of drug-likeness (QED) is 0.407. The van der Waals surface area contributed by atoms with Gasteiger partial charge in [-0.2, -0.15) is 13.2 Å². The normalized spacial score (nSPS) is 13.9. The Morgan fingerprint density at radius 1 is 1.14 bits per heavy atom. The molecule has 2 heterocycles. The minimum atomic E-state index is -5.08. The van der Waals surface area contributed by atoms with Crippen LogP contribution in [0.1, 0.15) is 5.69 Å². The SMILES string of the molecule is CN1C(=O)COc2cc(F)c(-n3c(=O)cc(C(F)(F)F)n(C)c3=O)c([N+](=O)[O-])c21. The molecule has 1 amide bonds. The van der Waals surface area contributed by atoms with E-state index in [0.29, 0.717) is 13.1 Å². The van der Waals surface area contributed by atoms with E-state index in [0.717, 1.165) is 11.9 Å². The Labute approximate surface area is 157 Å². The van der Waals surface area contributed by atoms with Crippen molar-refractivity contribution < 1.29 is 32.0 Å². The minimum Gasteiger partial charge on any atom is -0.481 e. The molecule has 2 aromatic rings. The smallest absolute Gasteiger partial charge is 0.431 e. The van der Waals surface area contributed by atoms with E-state index in [1.165, 1.54) is 0 Å². The van der Waals surface area contributed by atoms with Gasteiger partial charge in [0.05, 0.1) is 4.92 Å². The standard InChI is InChI=1S/C15H10F4N4O6/c1-20-8(15(17,18)19)4-9(24)22(14(20)26)11-6(16)3-7-12(13(11)23(27)28)21(2)10(25)5-29-7/h3-4H,5H2,1-2H3. The Balaban J connectivity index is 2.47. The first-order chi connectivity index (χ1) is 13.4. The van der Waals surface area contributed by atoms with Crippen LogP contribution in [0.4, 0.5) is 28.9 Å². The molecule has 0 spiro atoms. The molecule has 3 rings (SSSR count). The highest BCUT2D eigenvalue weighted by atomic mass is 19.4. The van der Waals surface area contributed by atoms with Gasteiger partial charge in [0.1, 0.15) is 5.69 Å². The maximum absolute atomic E-state index is 14.7. The third kappa shape index (κ3) is 3.01. The molecule has 0 saturated heterocycles. The lowest BCUT2D eigenvalue weighted by molar-refractivity contribution is -0.384. The molecule has 0 radical (unpaired) electrons. The maximum atomic E-state index is 14.7. The largest absolute Gasteiger partial charge is 0.481 e.